The van der Waals surface area contributed by atoms with E-state index in [4.69, 9.17) is 5.11 Å². The molecule has 0 aromatic heterocycles. The summed E-state index contributed by atoms with van der Waals surface area (Å²) in [4.78, 5) is 21.8. The van der Waals surface area contributed by atoms with Crippen molar-refractivity contribution in [3.8, 4) is 0 Å². The van der Waals surface area contributed by atoms with Crippen LogP contribution in [0.4, 0.5) is 4.79 Å². The van der Waals surface area contributed by atoms with E-state index in [2.05, 4.69) is 26.6 Å². The van der Waals surface area contributed by atoms with Crippen LogP contribution in [0.15, 0.2) is 28.7 Å². The predicted molar refractivity (Wildman–Crippen MR) is 74.1 cm³/mol. The Balaban J connectivity index is 1.76. The molecule has 1 aromatic carbocycles. The molecule has 1 aliphatic rings. The van der Waals surface area contributed by atoms with Crippen molar-refractivity contribution in [1.29, 1.82) is 0 Å². The van der Waals surface area contributed by atoms with Crippen molar-refractivity contribution in [3.05, 3.63) is 34.3 Å². The zero-order valence-corrected chi connectivity index (χ0v) is 11.8. The van der Waals surface area contributed by atoms with Crippen molar-refractivity contribution in [2.24, 2.45) is 0 Å². The highest BCUT2D eigenvalue weighted by atomic mass is 79.9. The van der Waals surface area contributed by atoms with Crippen LogP contribution in [0.2, 0.25) is 0 Å². The fraction of sp³-hybridized carbons (Fsp3) is 0.385. The number of hydrogen-bond acceptors (Lipinski definition) is 2. The van der Waals surface area contributed by atoms with Crippen LogP contribution in [0.5, 0.6) is 0 Å². The second-order valence-electron chi connectivity index (χ2n) is 4.51. The zero-order chi connectivity index (χ0) is 13.8. The van der Waals surface area contributed by atoms with E-state index in [0.29, 0.717) is 5.92 Å². The summed E-state index contributed by atoms with van der Waals surface area (Å²) >= 11 is 3.49. The van der Waals surface area contributed by atoms with Gasteiger partial charge in [-0.15, -0.1) is 0 Å². The highest BCUT2D eigenvalue weighted by molar-refractivity contribution is 9.10. The molecule has 6 heteroatoms. The number of aliphatic carboxylic acids is 1. The van der Waals surface area contributed by atoms with Gasteiger partial charge in [0.05, 0.1) is 6.42 Å². The largest absolute Gasteiger partial charge is 0.481 e. The van der Waals surface area contributed by atoms with E-state index in [0.717, 1.165) is 10.9 Å². The Morgan fingerprint density at radius 1 is 1.37 bits per heavy atom. The Kier molecular flexibility index (Phi) is 4.42. The maximum Gasteiger partial charge on any atom is 0.315 e. The summed E-state index contributed by atoms with van der Waals surface area (Å²) in [5, 5.41) is 13.8. The van der Waals surface area contributed by atoms with Crippen LogP contribution in [-0.2, 0) is 4.79 Å². The van der Waals surface area contributed by atoms with Gasteiger partial charge in [-0.1, -0.05) is 34.1 Å². The van der Waals surface area contributed by atoms with Crippen LogP contribution in [0, 0.1) is 0 Å². The molecule has 0 heterocycles. The first-order chi connectivity index (χ1) is 9.08. The van der Waals surface area contributed by atoms with E-state index in [1.165, 1.54) is 5.56 Å². The van der Waals surface area contributed by atoms with Crippen LogP contribution in [0.25, 0.3) is 0 Å². The second kappa shape index (κ2) is 6.06. The number of hydrogen-bond donors (Lipinski definition) is 3. The third-order valence-corrected chi connectivity index (χ3v) is 3.76. The predicted octanol–water partition coefficient (Wildman–Crippen LogP) is 2.08. The van der Waals surface area contributed by atoms with Crippen molar-refractivity contribution in [1.82, 2.24) is 10.6 Å². The summed E-state index contributed by atoms with van der Waals surface area (Å²) in [5.74, 6) is -0.585. The van der Waals surface area contributed by atoms with Crippen LogP contribution < -0.4 is 10.6 Å². The van der Waals surface area contributed by atoms with E-state index in [1.54, 1.807) is 0 Å². The minimum Gasteiger partial charge on any atom is -0.481 e. The van der Waals surface area contributed by atoms with Crippen molar-refractivity contribution < 1.29 is 14.7 Å². The minimum absolute atomic E-state index is 0.0637. The van der Waals surface area contributed by atoms with Gasteiger partial charge in [0.1, 0.15) is 0 Å². The number of rotatable bonds is 5. The van der Waals surface area contributed by atoms with E-state index in [9.17, 15) is 9.59 Å². The minimum atomic E-state index is -0.919. The fourth-order valence-electron chi connectivity index (χ4n) is 1.98. The monoisotopic (exact) mass is 326 g/mol. The van der Waals surface area contributed by atoms with Crippen LogP contribution in [0.1, 0.15) is 24.3 Å². The summed E-state index contributed by atoms with van der Waals surface area (Å²) < 4.78 is 1.05. The molecule has 1 aromatic rings. The molecule has 0 unspecified atom stereocenters. The standard InChI is InChI=1S/C13H15BrN2O3/c14-10-4-2-1-3-8(10)9-7-11(9)16-13(19)15-6-5-12(17)18/h1-4,9,11H,5-7H2,(H,17,18)(H2,15,16,19)/t9-,11+/m0/s1. The number of benzene rings is 1. The third kappa shape index (κ3) is 3.96. The molecule has 19 heavy (non-hydrogen) atoms. The van der Waals surface area contributed by atoms with Gasteiger partial charge in [-0.3, -0.25) is 4.79 Å². The van der Waals surface area contributed by atoms with Gasteiger partial charge < -0.3 is 15.7 Å². The molecule has 2 rings (SSSR count). The van der Waals surface area contributed by atoms with Crippen molar-refractivity contribution in [2.75, 3.05) is 6.54 Å². The van der Waals surface area contributed by atoms with Gasteiger partial charge in [-0.05, 0) is 18.1 Å². The smallest absolute Gasteiger partial charge is 0.315 e. The summed E-state index contributed by atoms with van der Waals surface area (Å²) in [6.45, 7) is 0.146. The van der Waals surface area contributed by atoms with Gasteiger partial charge >= 0.3 is 12.0 Å². The first-order valence-electron chi connectivity index (χ1n) is 6.08. The average molecular weight is 327 g/mol. The van der Waals surface area contributed by atoms with Crippen molar-refractivity contribution >= 4 is 27.9 Å². The van der Waals surface area contributed by atoms with E-state index < -0.39 is 5.97 Å². The maximum atomic E-state index is 11.5. The Bertz CT molecular complexity index is 493. The number of carbonyl (C=O) groups is 2. The van der Waals surface area contributed by atoms with E-state index in [-0.39, 0.29) is 25.0 Å². The van der Waals surface area contributed by atoms with Gasteiger partial charge in [0.15, 0.2) is 0 Å². The van der Waals surface area contributed by atoms with Gasteiger partial charge in [-0.2, -0.15) is 0 Å². The molecule has 0 saturated heterocycles. The third-order valence-electron chi connectivity index (χ3n) is 3.04. The first-order valence-corrected chi connectivity index (χ1v) is 6.88. The molecule has 0 bridgehead atoms. The zero-order valence-electron chi connectivity index (χ0n) is 10.2. The van der Waals surface area contributed by atoms with Crippen LogP contribution in [0.3, 0.4) is 0 Å². The molecular weight excluding hydrogens is 312 g/mol. The molecule has 0 radical (unpaired) electrons. The number of amides is 2. The summed E-state index contributed by atoms with van der Waals surface area (Å²) in [6, 6.07) is 7.78. The van der Waals surface area contributed by atoms with Crippen molar-refractivity contribution in [2.45, 2.75) is 24.8 Å². The van der Waals surface area contributed by atoms with Gasteiger partial charge in [-0.25, -0.2) is 4.79 Å². The summed E-state index contributed by atoms with van der Waals surface area (Å²) in [5.41, 5.74) is 1.19. The molecule has 102 valence electrons. The molecule has 1 saturated carbocycles. The highest BCUT2D eigenvalue weighted by Gasteiger charge is 2.40. The molecule has 1 fully saturated rings. The van der Waals surface area contributed by atoms with Crippen molar-refractivity contribution in [3.63, 3.8) is 0 Å². The molecule has 0 aliphatic heterocycles. The summed E-state index contributed by atoms with van der Waals surface area (Å²) in [6.07, 6.45) is 0.848. The number of carboxylic acid groups (broad SMARTS) is 1. The fourth-order valence-corrected chi connectivity index (χ4v) is 2.56. The normalized spacial score (nSPS) is 20.7. The molecule has 3 N–H and O–H groups in total. The Hall–Kier alpha value is -1.56. The lowest BCUT2D eigenvalue weighted by Crippen LogP contribution is -2.38. The lowest BCUT2D eigenvalue weighted by atomic mass is 10.1. The number of carbonyl (C=O) groups excluding carboxylic acids is 1. The topological polar surface area (TPSA) is 78.4 Å². The number of halogens is 1. The molecule has 5 nitrogen and oxygen atoms in total. The molecule has 2 atom stereocenters. The van der Waals surface area contributed by atoms with Gasteiger partial charge in [0, 0.05) is 23.0 Å². The number of nitrogens with one attached hydrogen (secondary N) is 2. The van der Waals surface area contributed by atoms with Crippen LogP contribution >= 0.6 is 15.9 Å². The quantitative estimate of drug-likeness (QED) is 0.775. The average Bonchev–Trinajstić information content (AvgIpc) is 3.08. The van der Waals surface area contributed by atoms with Gasteiger partial charge in [0.25, 0.3) is 0 Å². The number of carboxylic acids is 1. The lowest BCUT2D eigenvalue weighted by Gasteiger charge is -2.07. The molecule has 0 spiro atoms. The Morgan fingerprint density at radius 3 is 2.79 bits per heavy atom. The molecular formula is C13H15BrN2O3. The lowest BCUT2D eigenvalue weighted by molar-refractivity contribution is -0.136. The Morgan fingerprint density at radius 2 is 2.11 bits per heavy atom. The van der Waals surface area contributed by atoms with E-state index >= 15 is 0 Å². The maximum absolute atomic E-state index is 11.5. The van der Waals surface area contributed by atoms with Gasteiger partial charge in [0.2, 0.25) is 0 Å². The van der Waals surface area contributed by atoms with Crippen LogP contribution in [-0.4, -0.2) is 29.7 Å². The SMILES string of the molecule is O=C(O)CCNC(=O)N[C@@H]1C[C@H]1c1ccccc1Br. The van der Waals surface area contributed by atoms with E-state index in [1.807, 2.05) is 24.3 Å². The first kappa shape index (κ1) is 13.9. The molecule has 2 amide bonds. The second-order valence-corrected chi connectivity index (χ2v) is 5.37. The number of urea groups is 1. The summed E-state index contributed by atoms with van der Waals surface area (Å²) in [7, 11) is 0. The highest BCUT2D eigenvalue weighted by Crippen LogP contribution is 2.43. The molecule has 1 aliphatic carbocycles. The Labute approximate surface area is 119 Å².